The molecule has 0 unspecified atom stereocenters. The summed E-state index contributed by atoms with van der Waals surface area (Å²) in [6, 6.07) is 8.32. The Morgan fingerprint density at radius 3 is 2.35 bits per heavy atom. The number of nitrogens with one attached hydrogen (secondary N) is 1. The highest BCUT2D eigenvalue weighted by Gasteiger charge is 2.28. The molecule has 0 aliphatic heterocycles. The number of hydrogen-bond donors (Lipinski definition) is 2. The van der Waals surface area contributed by atoms with Crippen molar-refractivity contribution in [2.24, 2.45) is 5.73 Å². The van der Waals surface area contributed by atoms with Crippen LogP contribution in [0.1, 0.15) is 5.56 Å². The van der Waals surface area contributed by atoms with E-state index in [4.69, 9.17) is 5.73 Å². The van der Waals surface area contributed by atoms with E-state index in [9.17, 15) is 17.2 Å². The molecule has 0 saturated heterocycles. The molecule has 4 nitrogen and oxygen atoms in total. The number of halogens is 2. The summed E-state index contributed by atoms with van der Waals surface area (Å²) in [6.07, 6.45) is 0. The van der Waals surface area contributed by atoms with Gasteiger partial charge in [0.25, 0.3) is 5.92 Å². The third-order valence-corrected chi connectivity index (χ3v) is 3.35. The highest BCUT2D eigenvalue weighted by atomic mass is 32.2. The lowest BCUT2D eigenvalue weighted by atomic mass is 10.2. The lowest BCUT2D eigenvalue weighted by Gasteiger charge is -2.14. The van der Waals surface area contributed by atoms with Gasteiger partial charge in [-0.2, -0.15) is 0 Å². The number of alkyl halides is 2. The highest BCUT2D eigenvalue weighted by Crippen LogP contribution is 2.10. The third kappa shape index (κ3) is 5.20. The smallest absolute Gasteiger partial charge is 0.273 e. The van der Waals surface area contributed by atoms with E-state index in [-0.39, 0.29) is 5.75 Å². The van der Waals surface area contributed by atoms with Gasteiger partial charge >= 0.3 is 0 Å². The molecule has 96 valence electrons. The predicted octanol–water partition coefficient (Wildman–Crippen LogP) is 0.700. The molecule has 3 N–H and O–H groups in total. The summed E-state index contributed by atoms with van der Waals surface area (Å²) >= 11 is 0. The molecule has 0 amide bonds. The van der Waals surface area contributed by atoms with Crippen molar-refractivity contribution < 1.29 is 17.2 Å². The van der Waals surface area contributed by atoms with E-state index < -0.39 is 29.0 Å². The zero-order valence-corrected chi connectivity index (χ0v) is 9.88. The fraction of sp³-hybridized carbons (Fsp3) is 0.400. The minimum absolute atomic E-state index is 0.325. The first-order valence-electron chi connectivity index (χ1n) is 4.94. The Bertz CT molecular complexity index is 449. The van der Waals surface area contributed by atoms with Crippen LogP contribution in [0.3, 0.4) is 0 Å². The molecule has 0 spiro atoms. The Morgan fingerprint density at radius 1 is 1.24 bits per heavy atom. The monoisotopic (exact) mass is 264 g/mol. The van der Waals surface area contributed by atoms with Gasteiger partial charge in [-0.1, -0.05) is 30.3 Å². The molecular formula is C10H14F2N2O2S. The molecule has 1 aromatic carbocycles. The van der Waals surface area contributed by atoms with Gasteiger partial charge in [0.1, 0.15) is 0 Å². The highest BCUT2D eigenvalue weighted by molar-refractivity contribution is 7.88. The molecule has 0 radical (unpaired) electrons. The van der Waals surface area contributed by atoms with Crippen LogP contribution in [0.5, 0.6) is 0 Å². The number of nitrogens with two attached hydrogens (primary N) is 1. The number of sulfonamides is 1. The fourth-order valence-corrected chi connectivity index (χ4v) is 2.30. The van der Waals surface area contributed by atoms with Gasteiger partial charge in [-0.3, -0.25) is 0 Å². The Labute approximate surface area is 98.9 Å². The normalized spacial score (nSPS) is 12.6. The van der Waals surface area contributed by atoms with Crippen molar-refractivity contribution in [2.75, 3.05) is 13.1 Å². The minimum Gasteiger partial charge on any atom is -0.325 e. The van der Waals surface area contributed by atoms with Gasteiger partial charge < -0.3 is 5.73 Å². The SMILES string of the molecule is NCC(F)(F)CNS(=O)(=O)Cc1ccccc1. The van der Waals surface area contributed by atoms with Gasteiger partial charge in [-0.15, -0.1) is 0 Å². The second-order valence-electron chi connectivity index (χ2n) is 3.63. The molecule has 1 aromatic rings. The quantitative estimate of drug-likeness (QED) is 0.794. The molecule has 0 aliphatic carbocycles. The molecule has 17 heavy (non-hydrogen) atoms. The van der Waals surface area contributed by atoms with Crippen molar-refractivity contribution >= 4 is 10.0 Å². The van der Waals surface area contributed by atoms with Gasteiger partial charge in [-0.05, 0) is 5.56 Å². The molecule has 0 atom stereocenters. The van der Waals surface area contributed by atoms with Crippen molar-refractivity contribution in [1.82, 2.24) is 4.72 Å². The first-order valence-corrected chi connectivity index (χ1v) is 6.59. The van der Waals surface area contributed by atoms with Crippen molar-refractivity contribution in [3.05, 3.63) is 35.9 Å². The first-order chi connectivity index (χ1) is 7.85. The first kappa shape index (κ1) is 14.0. The molecule has 0 aromatic heterocycles. The van der Waals surface area contributed by atoms with Crippen LogP contribution in [-0.4, -0.2) is 27.4 Å². The standard InChI is InChI=1S/C10H14F2N2O2S/c11-10(12,7-13)8-14-17(15,16)6-9-4-2-1-3-5-9/h1-5,14H,6-8,13H2. The maximum Gasteiger partial charge on any atom is 0.273 e. The van der Waals surface area contributed by atoms with Crippen molar-refractivity contribution in [3.8, 4) is 0 Å². The Hall–Kier alpha value is -1.05. The van der Waals surface area contributed by atoms with Gasteiger partial charge in [0.15, 0.2) is 0 Å². The van der Waals surface area contributed by atoms with Crippen LogP contribution < -0.4 is 10.5 Å². The minimum atomic E-state index is -3.76. The molecule has 0 saturated carbocycles. The Balaban J connectivity index is 2.59. The van der Waals surface area contributed by atoms with E-state index in [1.165, 1.54) is 0 Å². The van der Waals surface area contributed by atoms with Crippen LogP contribution in [0, 0.1) is 0 Å². The van der Waals surface area contributed by atoms with Crippen LogP contribution in [-0.2, 0) is 15.8 Å². The number of rotatable bonds is 6. The number of hydrogen-bond acceptors (Lipinski definition) is 3. The summed E-state index contributed by atoms with van der Waals surface area (Å²) < 4.78 is 50.3. The Morgan fingerprint density at radius 2 is 1.82 bits per heavy atom. The molecule has 0 fully saturated rings. The second kappa shape index (κ2) is 5.52. The number of benzene rings is 1. The molecule has 7 heteroatoms. The van der Waals surface area contributed by atoms with Gasteiger partial charge in [0.05, 0.1) is 18.8 Å². The van der Waals surface area contributed by atoms with Crippen molar-refractivity contribution in [3.63, 3.8) is 0 Å². The van der Waals surface area contributed by atoms with Crippen LogP contribution >= 0.6 is 0 Å². The molecule has 0 aliphatic rings. The largest absolute Gasteiger partial charge is 0.325 e. The van der Waals surface area contributed by atoms with Crippen LogP contribution in [0.4, 0.5) is 8.78 Å². The summed E-state index contributed by atoms with van der Waals surface area (Å²) in [5.74, 6) is -3.54. The van der Waals surface area contributed by atoms with Gasteiger partial charge in [-0.25, -0.2) is 21.9 Å². The Kier molecular flexibility index (Phi) is 4.55. The molecule has 0 heterocycles. The van der Waals surface area contributed by atoms with E-state index in [2.05, 4.69) is 0 Å². The van der Waals surface area contributed by atoms with Crippen molar-refractivity contribution in [2.45, 2.75) is 11.7 Å². The molecular weight excluding hydrogens is 250 g/mol. The third-order valence-electron chi connectivity index (χ3n) is 2.05. The van der Waals surface area contributed by atoms with Crippen LogP contribution in [0.2, 0.25) is 0 Å². The fourth-order valence-electron chi connectivity index (χ4n) is 1.13. The maximum absolute atomic E-state index is 12.8. The van der Waals surface area contributed by atoms with E-state index >= 15 is 0 Å². The van der Waals surface area contributed by atoms with E-state index in [0.29, 0.717) is 5.56 Å². The van der Waals surface area contributed by atoms with E-state index in [1.54, 1.807) is 30.3 Å². The zero-order chi connectivity index (χ0) is 12.9. The van der Waals surface area contributed by atoms with Gasteiger partial charge in [0, 0.05) is 0 Å². The van der Waals surface area contributed by atoms with E-state index in [0.717, 1.165) is 0 Å². The average molecular weight is 264 g/mol. The van der Waals surface area contributed by atoms with Crippen molar-refractivity contribution in [1.29, 1.82) is 0 Å². The van der Waals surface area contributed by atoms with Crippen LogP contribution in [0.25, 0.3) is 0 Å². The maximum atomic E-state index is 12.8. The molecule has 0 bridgehead atoms. The zero-order valence-electron chi connectivity index (χ0n) is 9.07. The average Bonchev–Trinajstić information content (AvgIpc) is 2.28. The summed E-state index contributed by atoms with van der Waals surface area (Å²) in [5, 5.41) is 0. The molecule has 1 rings (SSSR count). The summed E-state index contributed by atoms with van der Waals surface area (Å²) in [5.41, 5.74) is 5.34. The van der Waals surface area contributed by atoms with E-state index in [1.807, 2.05) is 4.72 Å². The summed E-state index contributed by atoms with van der Waals surface area (Å²) in [6.45, 7) is -1.86. The summed E-state index contributed by atoms with van der Waals surface area (Å²) in [7, 11) is -3.76. The predicted molar refractivity (Wildman–Crippen MR) is 61.1 cm³/mol. The van der Waals surface area contributed by atoms with Gasteiger partial charge in [0.2, 0.25) is 10.0 Å². The lowest BCUT2D eigenvalue weighted by molar-refractivity contribution is 0.0170. The second-order valence-corrected chi connectivity index (χ2v) is 5.43. The van der Waals surface area contributed by atoms with Crippen LogP contribution in [0.15, 0.2) is 30.3 Å². The summed E-state index contributed by atoms with van der Waals surface area (Å²) in [4.78, 5) is 0. The lowest BCUT2D eigenvalue weighted by Crippen LogP contribution is -2.41. The topological polar surface area (TPSA) is 72.2 Å².